The molecule has 0 atom stereocenters. The average Bonchev–Trinajstić information content (AvgIpc) is 3.06. The van der Waals surface area contributed by atoms with Crippen LogP contribution >= 0.6 is 0 Å². The minimum absolute atomic E-state index is 0. The van der Waals surface area contributed by atoms with Crippen LogP contribution in [0.5, 0.6) is 0 Å². The van der Waals surface area contributed by atoms with Crippen LogP contribution in [0.3, 0.4) is 0 Å². The van der Waals surface area contributed by atoms with Gasteiger partial charge in [0.05, 0.1) is 0 Å². The number of likely N-dealkylation sites (N-methyl/N-ethyl adjacent to an activating group) is 4. The fraction of sp³-hybridized carbons (Fsp3) is 0.632. The van der Waals surface area contributed by atoms with Crippen LogP contribution in [0.2, 0.25) is 0 Å². The van der Waals surface area contributed by atoms with Crippen molar-refractivity contribution >= 4 is 23.3 Å². The van der Waals surface area contributed by atoms with Gasteiger partial charge in [0.25, 0.3) is 0 Å². The molecule has 14 nitrogen and oxygen atoms in total. The van der Waals surface area contributed by atoms with Crippen molar-refractivity contribution in [2.75, 3.05) is 82.6 Å². The van der Waals surface area contributed by atoms with Gasteiger partial charge in [0.15, 0.2) is 11.6 Å². The van der Waals surface area contributed by atoms with Crippen LogP contribution in [0.4, 0.5) is 0 Å². The number of rotatable bonds is 14. The van der Waals surface area contributed by atoms with Gasteiger partial charge in [-0.05, 0) is 107 Å². The third-order valence-corrected chi connectivity index (χ3v) is 5.92. The third-order valence-electron chi connectivity index (χ3n) is 5.92. The zero-order chi connectivity index (χ0) is 42.2. The summed E-state index contributed by atoms with van der Waals surface area (Å²) in [6, 6.07) is 5.58. The van der Waals surface area contributed by atoms with E-state index in [1.807, 2.05) is 13.8 Å². The van der Waals surface area contributed by atoms with Crippen molar-refractivity contribution in [1.29, 1.82) is 21.0 Å². The first-order valence-corrected chi connectivity index (χ1v) is 16.6. The number of hydrogen-bond donors (Lipinski definition) is 0. The molecule has 0 amide bonds. The van der Waals surface area contributed by atoms with E-state index >= 15 is 0 Å². The number of Topliss-reactive ketones (excluding diaryl/α,β-unsaturated/α-hetero) is 2. The molecule has 0 rings (SSSR count). The minimum atomic E-state index is -0.403. The van der Waals surface area contributed by atoms with Crippen LogP contribution in [0, 0.1) is 45.3 Å². The summed E-state index contributed by atoms with van der Waals surface area (Å²) in [6.07, 6.45) is 5.17. The van der Waals surface area contributed by atoms with E-state index in [0.717, 1.165) is 51.9 Å². The molecule has 0 bridgehead atoms. The molecule has 310 valence electrons. The van der Waals surface area contributed by atoms with Crippen molar-refractivity contribution in [1.82, 2.24) is 19.6 Å². The quantitative estimate of drug-likeness (QED) is 0.0805. The van der Waals surface area contributed by atoms with Gasteiger partial charge in [-0.15, -0.1) is 11.5 Å². The van der Waals surface area contributed by atoms with Crippen molar-refractivity contribution in [3.8, 4) is 24.3 Å². The first-order chi connectivity index (χ1) is 24.1. The van der Waals surface area contributed by atoms with Gasteiger partial charge in [-0.25, -0.2) is 11.7 Å². The molecule has 0 heterocycles. The number of ketones is 2. The van der Waals surface area contributed by atoms with Crippen LogP contribution in [0.15, 0.2) is 33.8 Å². The summed E-state index contributed by atoms with van der Waals surface area (Å²) < 4.78 is 0. The normalized spacial score (nSPS) is 9.74. The second-order valence-corrected chi connectivity index (χ2v) is 12.0. The largest absolute Gasteiger partial charge is 2.00 e. The molecular formula is C38H62Cu2N10O4. The van der Waals surface area contributed by atoms with Gasteiger partial charge < -0.3 is 40.6 Å². The smallest absolute Gasteiger partial charge is 0.875 e. The number of nitrogens with zero attached hydrogens (tertiary/aromatic N) is 10. The Morgan fingerprint density at radius 1 is 0.519 bits per heavy atom. The standard InChI is InChI=1S/2C9H16O2.2C6H16N2.2C4N3.2Cu/c2*1-4-5-6-9(7(2)10)8(3)11;2*1-7(2)5-6-8(3)4;2*5-1-4(2-6)3-7;;/h2*10H,4-6H2,1-3H3;2*5-6H2,1-4H3;;;;/q;;;;2*-1;2*+2/p-2/b2*9-7-;;;;;;. The Labute approximate surface area is 348 Å². The summed E-state index contributed by atoms with van der Waals surface area (Å²) in [6.45, 7) is 14.5. The second-order valence-electron chi connectivity index (χ2n) is 12.0. The average molecular weight is 850 g/mol. The Morgan fingerprint density at radius 2 is 0.722 bits per heavy atom. The summed E-state index contributed by atoms with van der Waals surface area (Å²) >= 11 is 0. The van der Waals surface area contributed by atoms with Gasteiger partial charge >= 0.3 is 34.1 Å². The maximum Gasteiger partial charge on any atom is 2.00 e. The third kappa shape index (κ3) is 60.3. The van der Waals surface area contributed by atoms with Crippen molar-refractivity contribution < 1.29 is 53.9 Å². The zero-order valence-corrected chi connectivity index (χ0v) is 36.7. The molecule has 0 aromatic rings. The molecular weight excluding hydrogens is 788 g/mol. The molecule has 0 fully saturated rings. The topological polar surface area (TPSA) is 233 Å². The fourth-order valence-electron chi connectivity index (χ4n) is 2.86. The Kier molecular flexibility index (Phi) is 62.1. The van der Waals surface area contributed by atoms with Crippen molar-refractivity contribution in [2.45, 2.75) is 80.1 Å². The van der Waals surface area contributed by atoms with Crippen LogP contribution in [0.1, 0.15) is 80.1 Å². The molecule has 0 aromatic heterocycles. The minimum Gasteiger partial charge on any atom is -0.875 e. The summed E-state index contributed by atoms with van der Waals surface area (Å²) in [4.78, 5) is 30.4. The molecule has 2 radical (unpaired) electrons. The maximum atomic E-state index is 10.8. The number of carbonyl (C=O) groups excluding carboxylic acids is 2. The molecule has 0 saturated heterocycles. The molecule has 0 spiro atoms. The predicted molar refractivity (Wildman–Crippen MR) is 206 cm³/mol. The first-order valence-electron chi connectivity index (χ1n) is 16.6. The SMILES string of the molecule is CCCC/C(C(C)=O)=C(\C)[O-].CCCC/C(C(C)=O)=C(\C)[O-].CN(C)CCN(C)C.CN(C)CCN(C)C.N#CC(=C=[N-])C#N.N#CC(=C=[N-])C#N.[Cu+2].[Cu+2]. The summed E-state index contributed by atoms with van der Waals surface area (Å²) in [7, 11) is 16.7. The second kappa shape index (κ2) is 49.2. The first kappa shape index (κ1) is 68.2. The monoisotopic (exact) mass is 848 g/mol. The number of carbonyl (C=O) groups is 2. The summed E-state index contributed by atoms with van der Waals surface area (Å²) in [5, 5.41) is 68.4. The van der Waals surface area contributed by atoms with Gasteiger partial charge in [-0.2, -0.15) is 21.0 Å². The van der Waals surface area contributed by atoms with Gasteiger partial charge in [0.2, 0.25) is 0 Å². The number of unbranched alkanes of at least 4 members (excludes halogenated alkanes) is 2. The maximum absolute atomic E-state index is 10.8. The number of allylic oxidation sites excluding steroid dienone is 6. The van der Waals surface area contributed by atoms with E-state index in [-0.39, 0.29) is 57.2 Å². The van der Waals surface area contributed by atoms with Crippen molar-refractivity contribution in [2.24, 2.45) is 0 Å². The summed E-state index contributed by atoms with van der Waals surface area (Å²) in [5.74, 6) is 2.48. The van der Waals surface area contributed by atoms with Crippen LogP contribution in [-0.2, 0) is 43.7 Å². The predicted octanol–water partition coefficient (Wildman–Crippen LogP) is 3.41. The van der Waals surface area contributed by atoms with E-state index in [1.165, 1.54) is 63.7 Å². The van der Waals surface area contributed by atoms with E-state index in [0.29, 0.717) is 24.0 Å². The Morgan fingerprint density at radius 3 is 0.796 bits per heavy atom. The van der Waals surface area contributed by atoms with Gasteiger partial charge in [0, 0.05) is 26.2 Å². The van der Waals surface area contributed by atoms with Gasteiger partial charge in [-0.3, -0.25) is 9.59 Å². The molecule has 0 aliphatic carbocycles. The number of hydrogen-bond acceptors (Lipinski definition) is 12. The Bertz CT molecular complexity index is 1180. The van der Waals surface area contributed by atoms with Crippen LogP contribution in [0.25, 0.3) is 10.8 Å². The van der Waals surface area contributed by atoms with E-state index in [2.05, 4.69) is 76.0 Å². The number of nitriles is 4. The van der Waals surface area contributed by atoms with E-state index in [9.17, 15) is 19.8 Å². The Balaban J connectivity index is -0.0000000786. The molecule has 0 aliphatic heterocycles. The van der Waals surface area contributed by atoms with Crippen molar-refractivity contribution in [3.05, 3.63) is 44.6 Å². The van der Waals surface area contributed by atoms with Crippen LogP contribution in [-0.4, -0.2) is 125 Å². The molecule has 16 heteroatoms. The van der Waals surface area contributed by atoms with Gasteiger partial charge in [0.1, 0.15) is 35.4 Å². The van der Waals surface area contributed by atoms with E-state index < -0.39 is 11.1 Å². The zero-order valence-electron chi connectivity index (χ0n) is 34.8. The van der Waals surface area contributed by atoms with Crippen molar-refractivity contribution in [3.63, 3.8) is 0 Å². The van der Waals surface area contributed by atoms with E-state index in [4.69, 9.17) is 31.9 Å². The molecule has 0 unspecified atom stereocenters. The molecule has 0 N–H and O–H groups in total. The molecule has 0 aromatic carbocycles. The van der Waals surface area contributed by atoms with E-state index in [1.54, 1.807) is 0 Å². The molecule has 54 heavy (non-hydrogen) atoms. The summed E-state index contributed by atoms with van der Waals surface area (Å²) in [5.41, 5.74) is 0.124. The molecule has 0 saturated carbocycles. The molecule has 0 aliphatic rings. The fourth-order valence-corrected chi connectivity index (χ4v) is 2.86. The van der Waals surface area contributed by atoms with Crippen LogP contribution < -0.4 is 10.2 Å². The Hall–Kier alpha value is -3.84. The van der Waals surface area contributed by atoms with Gasteiger partial charge in [-0.1, -0.05) is 40.5 Å².